The maximum absolute atomic E-state index is 13.8. The molecule has 0 bridgehead atoms. The standard InChI is InChI=1S/C19H25F2N3O/c1-2-22-18(23-11-12-10-13(20)4-5-15(12)21)24-16-14-6-9-25-17(14)19(16)7-3-8-19/h4-5,10,14,16-17H,2-3,6-9,11H2,1H3,(H2,22,23,24). The largest absolute Gasteiger partial charge is 0.377 e. The van der Waals surface area contributed by atoms with Crippen molar-refractivity contribution in [2.75, 3.05) is 13.2 Å². The molecule has 3 aliphatic rings. The highest BCUT2D eigenvalue weighted by atomic mass is 19.1. The lowest BCUT2D eigenvalue weighted by Gasteiger charge is -2.63. The van der Waals surface area contributed by atoms with E-state index in [1.807, 2.05) is 6.92 Å². The molecule has 4 rings (SSSR count). The van der Waals surface area contributed by atoms with E-state index < -0.39 is 11.6 Å². The number of hydrogen-bond donors (Lipinski definition) is 2. The van der Waals surface area contributed by atoms with Crippen molar-refractivity contribution in [1.82, 2.24) is 10.6 Å². The van der Waals surface area contributed by atoms with Gasteiger partial charge in [0.2, 0.25) is 0 Å². The van der Waals surface area contributed by atoms with Gasteiger partial charge in [0.05, 0.1) is 12.6 Å². The Kier molecular flexibility index (Phi) is 4.40. The van der Waals surface area contributed by atoms with Crippen molar-refractivity contribution in [3.8, 4) is 0 Å². The van der Waals surface area contributed by atoms with E-state index in [1.165, 1.54) is 25.3 Å². The first-order valence-electron chi connectivity index (χ1n) is 9.24. The Morgan fingerprint density at radius 2 is 2.20 bits per heavy atom. The van der Waals surface area contributed by atoms with Gasteiger partial charge in [0.25, 0.3) is 0 Å². The molecule has 6 heteroatoms. The van der Waals surface area contributed by atoms with Crippen molar-refractivity contribution in [3.63, 3.8) is 0 Å². The highest BCUT2D eigenvalue weighted by Crippen LogP contribution is 2.62. The summed E-state index contributed by atoms with van der Waals surface area (Å²) in [5, 5.41) is 6.80. The molecule has 136 valence electrons. The van der Waals surface area contributed by atoms with Gasteiger partial charge in [-0.25, -0.2) is 13.8 Å². The van der Waals surface area contributed by atoms with E-state index in [0.717, 1.165) is 31.7 Å². The molecule has 25 heavy (non-hydrogen) atoms. The molecule has 2 aliphatic carbocycles. The molecule has 2 saturated carbocycles. The molecule has 0 amide bonds. The first-order chi connectivity index (χ1) is 12.1. The Labute approximate surface area is 147 Å². The second kappa shape index (κ2) is 6.56. The van der Waals surface area contributed by atoms with Crippen LogP contribution in [-0.4, -0.2) is 31.3 Å². The van der Waals surface area contributed by atoms with Crippen molar-refractivity contribution < 1.29 is 13.5 Å². The molecule has 3 unspecified atom stereocenters. The van der Waals surface area contributed by atoms with Crippen LogP contribution in [0.4, 0.5) is 8.78 Å². The van der Waals surface area contributed by atoms with Crippen LogP contribution < -0.4 is 10.6 Å². The number of halogens is 2. The lowest BCUT2D eigenvalue weighted by Crippen LogP contribution is -2.72. The molecule has 0 aromatic heterocycles. The maximum atomic E-state index is 13.8. The van der Waals surface area contributed by atoms with Gasteiger partial charge < -0.3 is 15.4 Å². The molecule has 1 aromatic carbocycles. The van der Waals surface area contributed by atoms with Gasteiger partial charge in [-0.3, -0.25) is 0 Å². The number of guanidine groups is 1. The van der Waals surface area contributed by atoms with E-state index in [1.54, 1.807) is 0 Å². The molecular formula is C19H25F2N3O. The summed E-state index contributed by atoms with van der Waals surface area (Å²) in [5.41, 5.74) is 0.521. The van der Waals surface area contributed by atoms with Crippen LogP contribution in [0, 0.1) is 23.0 Å². The number of hydrogen-bond acceptors (Lipinski definition) is 2. The van der Waals surface area contributed by atoms with Gasteiger partial charge in [-0.1, -0.05) is 6.42 Å². The zero-order chi connectivity index (χ0) is 17.4. The Morgan fingerprint density at radius 3 is 2.92 bits per heavy atom. The van der Waals surface area contributed by atoms with Crippen LogP contribution in [0.5, 0.6) is 0 Å². The van der Waals surface area contributed by atoms with Crippen LogP contribution >= 0.6 is 0 Å². The summed E-state index contributed by atoms with van der Waals surface area (Å²) >= 11 is 0. The Morgan fingerprint density at radius 1 is 1.36 bits per heavy atom. The normalized spacial score (nSPS) is 29.7. The molecular weight excluding hydrogens is 324 g/mol. The monoisotopic (exact) mass is 349 g/mol. The number of rotatable bonds is 4. The Hall–Kier alpha value is -1.69. The Bertz CT molecular complexity index is 675. The molecule has 1 aromatic rings. The quantitative estimate of drug-likeness (QED) is 0.649. The number of nitrogens with one attached hydrogen (secondary N) is 2. The second-order valence-corrected chi connectivity index (χ2v) is 7.38. The van der Waals surface area contributed by atoms with Crippen LogP contribution in [0.1, 0.15) is 38.2 Å². The van der Waals surface area contributed by atoms with Crippen molar-refractivity contribution in [2.45, 2.75) is 51.3 Å². The van der Waals surface area contributed by atoms with Gasteiger partial charge in [-0.2, -0.15) is 0 Å². The fourth-order valence-corrected chi connectivity index (χ4v) is 4.75. The van der Waals surface area contributed by atoms with Gasteiger partial charge in [0, 0.05) is 36.1 Å². The van der Waals surface area contributed by atoms with Gasteiger partial charge in [0.1, 0.15) is 11.6 Å². The molecule has 3 atom stereocenters. The third-order valence-corrected chi connectivity index (χ3v) is 6.09. The highest BCUT2D eigenvalue weighted by Gasteiger charge is 2.66. The second-order valence-electron chi connectivity index (χ2n) is 7.38. The third kappa shape index (κ3) is 2.80. The fraction of sp³-hybridized carbons (Fsp3) is 0.632. The summed E-state index contributed by atoms with van der Waals surface area (Å²) in [5.74, 6) is 0.343. The number of ether oxygens (including phenoxy) is 1. The van der Waals surface area contributed by atoms with E-state index in [2.05, 4.69) is 15.6 Å². The average molecular weight is 349 g/mol. The van der Waals surface area contributed by atoms with E-state index >= 15 is 0 Å². The summed E-state index contributed by atoms with van der Waals surface area (Å²) in [7, 11) is 0. The van der Waals surface area contributed by atoms with Crippen LogP contribution in [0.2, 0.25) is 0 Å². The third-order valence-electron chi connectivity index (χ3n) is 6.09. The lowest BCUT2D eigenvalue weighted by molar-refractivity contribution is -0.171. The summed E-state index contributed by atoms with van der Waals surface area (Å²) in [4.78, 5) is 4.49. The topological polar surface area (TPSA) is 45.7 Å². The van der Waals surface area contributed by atoms with Crippen molar-refractivity contribution in [1.29, 1.82) is 0 Å². The molecule has 0 radical (unpaired) electrons. The maximum Gasteiger partial charge on any atom is 0.191 e. The minimum Gasteiger partial charge on any atom is -0.377 e. The summed E-state index contributed by atoms with van der Waals surface area (Å²) < 4.78 is 33.1. The highest BCUT2D eigenvalue weighted by molar-refractivity contribution is 5.80. The summed E-state index contributed by atoms with van der Waals surface area (Å²) in [6.07, 6.45) is 5.13. The lowest BCUT2D eigenvalue weighted by atomic mass is 9.46. The van der Waals surface area contributed by atoms with Crippen molar-refractivity contribution >= 4 is 5.96 Å². The molecule has 2 N–H and O–H groups in total. The zero-order valence-electron chi connectivity index (χ0n) is 14.5. The smallest absolute Gasteiger partial charge is 0.191 e. The van der Waals surface area contributed by atoms with E-state index in [9.17, 15) is 8.78 Å². The van der Waals surface area contributed by atoms with Crippen LogP contribution in [0.25, 0.3) is 0 Å². The number of nitrogens with zero attached hydrogens (tertiary/aromatic N) is 1. The Balaban J connectivity index is 1.48. The van der Waals surface area contributed by atoms with E-state index in [-0.39, 0.29) is 17.5 Å². The molecule has 1 aliphatic heterocycles. The van der Waals surface area contributed by atoms with Gasteiger partial charge in [-0.15, -0.1) is 0 Å². The summed E-state index contributed by atoms with van der Waals surface area (Å²) in [6.45, 7) is 3.68. The molecule has 4 nitrogen and oxygen atoms in total. The van der Waals surface area contributed by atoms with E-state index in [0.29, 0.717) is 24.0 Å². The first kappa shape index (κ1) is 16.8. The minimum atomic E-state index is -0.442. The van der Waals surface area contributed by atoms with Gasteiger partial charge in [-0.05, 0) is 44.4 Å². The van der Waals surface area contributed by atoms with Crippen LogP contribution in [-0.2, 0) is 11.3 Å². The van der Waals surface area contributed by atoms with E-state index in [4.69, 9.17) is 4.74 Å². The summed E-state index contributed by atoms with van der Waals surface area (Å²) in [6, 6.07) is 3.85. The minimum absolute atomic E-state index is 0.114. The number of aliphatic imine (C=N–C) groups is 1. The molecule has 1 saturated heterocycles. The fourth-order valence-electron chi connectivity index (χ4n) is 4.75. The van der Waals surface area contributed by atoms with Crippen LogP contribution in [0.3, 0.4) is 0 Å². The van der Waals surface area contributed by atoms with Crippen molar-refractivity contribution in [2.24, 2.45) is 16.3 Å². The van der Waals surface area contributed by atoms with Gasteiger partial charge in [0.15, 0.2) is 5.96 Å². The average Bonchev–Trinajstić information content (AvgIpc) is 2.96. The van der Waals surface area contributed by atoms with Gasteiger partial charge >= 0.3 is 0 Å². The SMILES string of the molecule is CCNC(=NCc1cc(F)ccc1F)NC1C2CCOC2C12CCC2. The molecule has 1 spiro atoms. The zero-order valence-corrected chi connectivity index (χ0v) is 14.5. The van der Waals surface area contributed by atoms with Crippen molar-refractivity contribution in [3.05, 3.63) is 35.4 Å². The molecule has 3 fully saturated rings. The van der Waals surface area contributed by atoms with Crippen LogP contribution in [0.15, 0.2) is 23.2 Å². The molecule has 1 heterocycles. The number of fused-ring (bicyclic) bond motifs is 2. The number of benzene rings is 1. The predicted molar refractivity (Wildman–Crippen MR) is 92.2 cm³/mol. The first-order valence-corrected chi connectivity index (χ1v) is 9.24. The predicted octanol–water partition coefficient (Wildman–Crippen LogP) is 2.98.